The fraction of sp³-hybridized carbons (Fsp3) is 0.448. The Morgan fingerprint density at radius 1 is 1.05 bits per heavy atom. The minimum Gasteiger partial charge on any atom is -0.507 e. The maximum Gasteiger partial charge on any atom is 0.202 e. The number of hydrogen-bond donors (Lipinski definition) is 2. The van der Waals surface area contributed by atoms with Crippen molar-refractivity contribution in [2.75, 3.05) is 26.7 Å². The number of phenols is 2. The Balaban J connectivity index is 1.44. The molecule has 2 atom stereocenters. The average Bonchev–Trinajstić information content (AvgIpc) is 3.12. The second-order valence-corrected chi connectivity index (χ2v) is 10.8. The molecule has 0 amide bonds. The zero-order valence-corrected chi connectivity index (χ0v) is 21.3. The minimum absolute atomic E-state index is 0.106. The molecule has 194 valence electrons. The molecule has 6 rings (SSSR count). The number of ether oxygens (including phenoxy) is 3. The van der Waals surface area contributed by atoms with Gasteiger partial charge in [0.05, 0.1) is 23.8 Å². The van der Waals surface area contributed by atoms with Gasteiger partial charge in [-0.1, -0.05) is 24.3 Å². The van der Waals surface area contributed by atoms with Crippen molar-refractivity contribution in [2.24, 2.45) is 0 Å². The summed E-state index contributed by atoms with van der Waals surface area (Å²) in [6, 6.07) is 4.77. The summed E-state index contributed by atoms with van der Waals surface area (Å²) < 4.78 is 18.2. The monoisotopic (exact) mass is 505 g/mol. The molecule has 0 bridgehead atoms. The molecule has 2 aromatic carbocycles. The Bertz CT molecular complexity index is 1360. The van der Waals surface area contributed by atoms with Crippen LogP contribution in [0.1, 0.15) is 69.7 Å². The van der Waals surface area contributed by atoms with Crippen LogP contribution in [-0.4, -0.2) is 70.9 Å². The third-order valence-corrected chi connectivity index (χ3v) is 8.13. The topological polar surface area (TPSA) is 106 Å². The van der Waals surface area contributed by atoms with Gasteiger partial charge in [-0.05, 0) is 39.2 Å². The molecule has 2 heterocycles. The molecule has 0 radical (unpaired) electrons. The van der Waals surface area contributed by atoms with Crippen LogP contribution in [0.5, 0.6) is 17.2 Å². The lowest BCUT2D eigenvalue weighted by atomic mass is 9.72. The van der Waals surface area contributed by atoms with Gasteiger partial charge in [0, 0.05) is 42.7 Å². The van der Waals surface area contributed by atoms with Gasteiger partial charge in [-0.2, -0.15) is 0 Å². The van der Waals surface area contributed by atoms with Crippen molar-refractivity contribution < 1.29 is 34.0 Å². The van der Waals surface area contributed by atoms with Gasteiger partial charge < -0.3 is 24.4 Å². The maximum atomic E-state index is 13.6. The first-order chi connectivity index (χ1) is 17.7. The van der Waals surface area contributed by atoms with Crippen LogP contribution in [0.2, 0.25) is 0 Å². The van der Waals surface area contributed by atoms with Gasteiger partial charge in [0.2, 0.25) is 5.78 Å². The quantitative estimate of drug-likeness (QED) is 0.412. The molecule has 2 aliphatic heterocycles. The number of ketones is 2. The van der Waals surface area contributed by atoms with Gasteiger partial charge in [-0.15, -0.1) is 0 Å². The Morgan fingerprint density at radius 2 is 1.81 bits per heavy atom. The minimum atomic E-state index is -0.819. The number of nitrogens with zero attached hydrogens (tertiary/aromatic N) is 1. The zero-order chi connectivity index (χ0) is 26.1. The molecule has 2 N–H and O–H groups in total. The zero-order valence-electron chi connectivity index (χ0n) is 21.3. The number of carbonyl (C=O) groups excluding carboxylic acids is 2. The normalized spacial score (nSPS) is 26.2. The van der Waals surface area contributed by atoms with Gasteiger partial charge >= 0.3 is 0 Å². The number of rotatable bonds is 3. The van der Waals surface area contributed by atoms with Crippen LogP contribution in [-0.2, 0) is 22.3 Å². The summed E-state index contributed by atoms with van der Waals surface area (Å²) >= 11 is 0. The predicted molar refractivity (Wildman–Crippen MR) is 135 cm³/mol. The molecule has 0 unspecified atom stereocenters. The first kappa shape index (κ1) is 24.2. The van der Waals surface area contributed by atoms with Gasteiger partial charge in [0.25, 0.3) is 0 Å². The van der Waals surface area contributed by atoms with E-state index < -0.39 is 23.0 Å². The third-order valence-electron chi connectivity index (χ3n) is 8.13. The summed E-state index contributed by atoms with van der Waals surface area (Å²) in [5.41, 5.74) is 0.126. The largest absolute Gasteiger partial charge is 0.507 e. The van der Waals surface area contributed by atoms with E-state index in [9.17, 15) is 19.8 Å². The molecule has 4 aliphatic rings. The van der Waals surface area contributed by atoms with Crippen LogP contribution in [0.4, 0.5) is 0 Å². The predicted octanol–water partition coefficient (Wildman–Crippen LogP) is 3.52. The van der Waals surface area contributed by atoms with E-state index in [2.05, 4.69) is 17.1 Å². The number of carbonyl (C=O) groups is 2. The lowest BCUT2D eigenvalue weighted by molar-refractivity contribution is -0.165. The fourth-order valence-electron chi connectivity index (χ4n) is 6.52. The first-order valence-electron chi connectivity index (χ1n) is 12.8. The highest BCUT2D eigenvalue weighted by atomic mass is 16.8. The van der Waals surface area contributed by atoms with Crippen molar-refractivity contribution in [1.82, 2.24) is 4.90 Å². The molecule has 2 aliphatic carbocycles. The molecule has 0 aromatic heterocycles. The van der Waals surface area contributed by atoms with Gasteiger partial charge in [0.1, 0.15) is 29.0 Å². The van der Waals surface area contributed by atoms with Crippen LogP contribution < -0.4 is 4.74 Å². The molecule has 8 nitrogen and oxygen atoms in total. The van der Waals surface area contributed by atoms with Crippen LogP contribution in [0.15, 0.2) is 30.4 Å². The van der Waals surface area contributed by atoms with Gasteiger partial charge in [-0.3, -0.25) is 14.5 Å². The van der Waals surface area contributed by atoms with Crippen molar-refractivity contribution in [1.29, 1.82) is 0 Å². The number of methoxy groups -OCH3 is 1. The van der Waals surface area contributed by atoms with E-state index in [0.29, 0.717) is 30.5 Å². The third kappa shape index (κ3) is 3.61. The summed E-state index contributed by atoms with van der Waals surface area (Å²) in [7, 11) is 1.42. The summed E-state index contributed by atoms with van der Waals surface area (Å²) in [5.74, 6) is -2.12. The van der Waals surface area contributed by atoms with E-state index in [1.807, 2.05) is 13.8 Å². The Hall–Kier alpha value is -3.20. The molecule has 1 fully saturated rings. The number of fused-ring (bicyclic) bond motifs is 3. The molecule has 2 aromatic rings. The van der Waals surface area contributed by atoms with Gasteiger partial charge in [-0.25, -0.2) is 0 Å². The maximum absolute atomic E-state index is 13.6. The highest BCUT2D eigenvalue weighted by Crippen LogP contribution is 2.52. The molecule has 0 saturated carbocycles. The van der Waals surface area contributed by atoms with E-state index >= 15 is 0 Å². The number of hydrogen-bond acceptors (Lipinski definition) is 8. The van der Waals surface area contributed by atoms with E-state index in [4.69, 9.17) is 14.2 Å². The number of phenolic OH excluding ortho intramolecular Hbond substituents is 2. The molecule has 8 heteroatoms. The summed E-state index contributed by atoms with van der Waals surface area (Å²) in [6.45, 7) is 6.22. The van der Waals surface area contributed by atoms with Crippen molar-refractivity contribution >= 4 is 11.6 Å². The molecule has 1 spiro atoms. The van der Waals surface area contributed by atoms with Crippen LogP contribution in [0.25, 0.3) is 0 Å². The highest BCUT2D eigenvalue weighted by Gasteiger charge is 2.56. The molecule has 1 saturated heterocycles. The van der Waals surface area contributed by atoms with E-state index in [1.54, 1.807) is 12.1 Å². The van der Waals surface area contributed by atoms with Crippen LogP contribution >= 0.6 is 0 Å². The van der Waals surface area contributed by atoms with Crippen LogP contribution in [0.3, 0.4) is 0 Å². The number of benzene rings is 2. The number of aromatic hydroxyl groups is 2. The summed E-state index contributed by atoms with van der Waals surface area (Å²) in [5, 5.41) is 22.8. The lowest BCUT2D eigenvalue weighted by Crippen LogP contribution is -2.50. The van der Waals surface area contributed by atoms with E-state index in [1.165, 1.54) is 13.2 Å². The summed E-state index contributed by atoms with van der Waals surface area (Å²) in [4.78, 5) is 29.4. The van der Waals surface area contributed by atoms with Crippen molar-refractivity contribution in [3.8, 4) is 17.2 Å². The Morgan fingerprint density at radius 3 is 2.54 bits per heavy atom. The second-order valence-electron chi connectivity index (χ2n) is 10.8. The Labute approximate surface area is 215 Å². The standard InChI is InChI=1S/C29H31NO7/c1-28(2)36-20(15-30-12-5-4-6-13-30)29(37-28)11-10-16-18(14-29)26(33)22-23(24(16)31)27(34)21-17(25(22)32)8-7-9-19(21)35-3/h4-5,7-9,20,31,33H,6,10-15H2,1-3H3/t20-,29+/m0/s1. The van der Waals surface area contributed by atoms with Crippen LogP contribution in [0, 0.1) is 0 Å². The fourth-order valence-corrected chi connectivity index (χ4v) is 6.52. The van der Waals surface area contributed by atoms with Crippen molar-refractivity contribution in [2.45, 2.75) is 57.0 Å². The smallest absolute Gasteiger partial charge is 0.202 e. The SMILES string of the molecule is COc1cccc2c1C(=O)c1c(O)c3c(c(O)c1C2=O)C[C@@]1(CC3)OC(C)(C)O[C@H]1CN1CC=CCC1. The van der Waals surface area contributed by atoms with E-state index in [0.717, 1.165) is 19.5 Å². The van der Waals surface area contributed by atoms with Crippen molar-refractivity contribution in [3.05, 3.63) is 63.7 Å². The van der Waals surface area contributed by atoms with E-state index in [-0.39, 0.29) is 52.0 Å². The highest BCUT2D eigenvalue weighted by molar-refractivity contribution is 6.31. The molecular formula is C29H31NO7. The molecule has 37 heavy (non-hydrogen) atoms. The first-order valence-corrected chi connectivity index (χ1v) is 12.8. The lowest BCUT2D eigenvalue weighted by Gasteiger charge is -2.40. The van der Waals surface area contributed by atoms with Gasteiger partial charge in [0.15, 0.2) is 11.6 Å². The van der Waals surface area contributed by atoms with Crippen molar-refractivity contribution in [3.63, 3.8) is 0 Å². The average molecular weight is 506 g/mol. The summed E-state index contributed by atoms with van der Waals surface area (Å²) in [6.07, 6.45) is 6.23. The second kappa shape index (κ2) is 8.41. The Kier molecular flexibility index (Phi) is 5.49. The molecular weight excluding hydrogens is 474 g/mol.